The highest BCUT2D eigenvalue weighted by atomic mass is 32.2. The molecule has 1 N–H and O–H groups in total. The number of amides is 1. The number of aliphatic hydroxyl groups excluding tert-OH is 1. The number of fused-ring (bicyclic) bond motifs is 1. The summed E-state index contributed by atoms with van der Waals surface area (Å²) in [6, 6.07) is 20.8. The molecule has 1 atom stereocenters. The first-order chi connectivity index (χ1) is 19.5. The molecule has 0 unspecified atom stereocenters. The monoisotopic (exact) mass is 589 g/mol. The number of ether oxygens (including phenoxy) is 1. The quantitative estimate of drug-likeness (QED) is 0.0732. The van der Waals surface area contributed by atoms with Crippen LogP contribution in [0.1, 0.15) is 22.0 Å². The first-order valence-electron chi connectivity index (χ1n) is 12.1. The van der Waals surface area contributed by atoms with Crippen molar-refractivity contribution in [3.05, 3.63) is 106 Å². The highest BCUT2D eigenvalue weighted by Crippen LogP contribution is 2.45. The average molecular weight is 590 g/mol. The lowest BCUT2D eigenvalue weighted by atomic mass is 10.00. The third-order valence-corrected chi connectivity index (χ3v) is 9.54. The molecule has 2 aromatic heterocycles. The molecule has 3 aromatic carbocycles. The lowest BCUT2D eigenvalue weighted by Crippen LogP contribution is -2.29. The number of methoxy groups -OCH3 is 1. The number of hydrogen-bond donors (Lipinski definition) is 1. The Balaban J connectivity index is 1.34. The fraction of sp³-hybridized carbons (Fsp3) is 0.103. The molecule has 7 nitrogen and oxygen atoms in total. The summed E-state index contributed by atoms with van der Waals surface area (Å²) in [7, 11) is 1.33. The first kappa shape index (κ1) is 26.2. The van der Waals surface area contributed by atoms with Gasteiger partial charge in [-0.15, -0.1) is 21.5 Å². The third-order valence-electron chi connectivity index (χ3n) is 6.52. The largest absolute Gasteiger partial charge is 0.507 e. The standard InChI is InChI=1S/C29H20FN3O4S3/c1-37-21-12-11-17(14-20(21)30)25(34)23-24(22-10-5-13-38-22)33(27(36)26(23)35)28-31-32-29(40-28)39-15-18-8-4-7-16-6-2-3-9-19(16)18/h2-14,24,34H,15H2,1H3/t24-/m0/s1. The number of Topliss-reactive ketones (excluding diaryl/α,β-unsaturated/α-hetero) is 1. The van der Waals surface area contributed by atoms with Crippen LogP contribution in [0.15, 0.2) is 88.1 Å². The van der Waals surface area contributed by atoms with Crippen LogP contribution in [0, 0.1) is 5.82 Å². The Hall–Kier alpha value is -4.06. The molecule has 0 spiro atoms. The zero-order valence-corrected chi connectivity index (χ0v) is 23.4. The SMILES string of the molecule is COc1ccc(C(O)=C2C(=O)C(=O)N(c3nnc(SCc4cccc5ccccc45)s3)[C@H]2c2cccs2)cc1F. The molecular weight excluding hydrogens is 570 g/mol. The molecule has 11 heteroatoms. The zero-order chi connectivity index (χ0) is 27.8. The van der Waals surface area contributed by atoms with Gasteiger partial charge in [-0.1, -0.05) is 71.6 Å². The number of benzene rings is 3. The molecule has 1 aliphatic heterocycles. The number of thiophene rings is 1. The summed E-state index contributed by atoms with van der Waals surface area (Å²) in [6.45, 7) is 0. The van der Waals surface area contributed by atoms with Crippen LogP contribution in [-0.4, -0.2) is 34.1 Å². The van der Waals surface area contributed by atoms with Crippen molar-refractivity contribution in [1.29, 1.82) is 0 Å². The Kier molecular flexibility index (Phi) is 7.09. The van der Waals surface area contributed by atoms with Gasteiger partial charge >= 0.3 is 5.91 Å². The number of carbonyl (C=O) groups excluding carboxylic acids is 2. The molecule has 1 saturated heterocycles. The van der Waals surface area contributed by atoms with E-state index in [2.05, 4.69) is 34.5 Å². The van der Waals surface area contributed by atoms with Crippen molar-refractivity contribution in [1.82, 2.24) is 10.2 Å². The van der Waals surface area contributed by atoms with Gasteiger partial charge in [0.1, 0.15) is 11.8 Å². The van der Waals surface area contributed by atoms with Crippen LogP contribution in [0.25, 0.3) is 16.5 Å². The van der Waals surface area contributed by atoms with E-state index in [0.717, 1.165) is 22.4 Å². The van der Waals surface area contributed by atoms with Crippen molar-refractivity contribution < 1.29 is 23.8 Å². The number of ketones is 1. The van der Waals surface area contributed by atoms with Crippen LogP contribution in [0.2, 0.25) is 0 Å². The number of aromatic nitrogens is 2. The van der Waals surface area contributed by atoms with E-state index in [-0.39, 0.29) is 22.0 Å². The van der Waals surface area contributed by atoms with Crippen LogP contribution < -0.4 is 9.64 Å². The number of carbonyl (C=O) groups is 2. The number of halogens is 1. The van der Waals surface area contributed by atoms with Gasteiger partial charge in [-0.2, -0.15) is 0 Å². The minimum atomic E-state index is -0.936. The lowest BCUT2D eigenvalue weighted by molar-refractivity contribution is -0.132. The average Bonchev–Trinajstić information content (AvgIpc) is 3.72. The molecule has 0 saturated carbocycles. The molecule has 0 bridgehead atoms. The van der Waals surface area contributed by atoms with E-state index in [4.69, 9.17) is 4.74 Å². The smallest absolute Gasteiger partial charge is 0.301 e. The van der Waals surface area contributed by atoms with Gasteiger partial charge in [-0.25, -0.2) is 4.39 Å². The summed E-state index contributed by atoms with van der Waals surface area (Å²) < 4.78 is 20.0. The number of hydrogen-bond acceptors (Lipinski definition) is 9. The second kappa shape index (κ2) is 10.8. The number of anilines is 1. The topological polar surface area (TPSA) is 92.6 Å². The van der Waals surface area contributed by atoms with Gasteiger partial charge in [0.15, 0.2) is 15.9 Å². The fourth-order valence-electron chi connectivity index (χ4n) is 4.63. The van der Waals surface area contributed by atoms with Crippen molar-refractivity contribution in [2.45, 2.75) is 16.1 Å². The van der Waals surface area contributed by atoms with E-state index in [1.807, 2.05) is 23.6 Å². The van der Waals surface area contributed by atoms with Gasteiger partial charge in [-0.3, -0.25) is 14.5 Å². The molecule has 1 fully saturated rings. The summed E-state index contributed by atoms with van der Waals surface area (Å²) in [6.07, 6.45) is 0. The maximum absolute atomic E-state index is 14.4. The number of thioether (sulfide) groups is 1. The minimum absolute atomic E-state index is 0.00537. The molecular formula is C29H20FN3O4S3. The molecule has 40 heavy (non-hydrogen) atoms. The summed E-state index contributed by atoms with van der Waals surface area (Å²) in [5.41, 5.74) is 1.06. The number of aliphatic hydroxyl groups is 1. The van der Waals surface area contributed by atoms with Gasteiger partial charge < -0.3 is 9.84 Å². The van der Waals surface area contributed by atoms with E-state index < -0.39 is 29.3 Å². The number of rotatable bonds is 7. The van der Waals surface area contributed by atoms with E-state index in [1.165, 1.54) is 58.6 Å². The van der Waals surface area contributed by atoms with Crippen molar-refractivity contribution in [3.63, 3.8) is 0 Å². The van der Waals surface area contributed by atoms with Gasteiger partial charge in [0.05, 0.1) is 12.7 Å². The first-order valence-corrected chi connectivity index (χ1v) is 14.8. The minimum Gasteiger partial charge on any atom is -0.507 e. The van der Waals surface area contributed by atoms with Gasteiger partial charge in [0.25, 0.3) is 5.78 Å². The highest BCUT2D eigenvalue weighted by molar-refractivity contribution is 8.00. The van der Waals surface area contributed by atoms with Crippen LogP contribution in [0.3, 0.4) is 0 Å². The van der Waals surface area contributed by atoms with Crippen LogP contribution in [-0.2, 0) is 15.3 Å². The third kappa shape index (κ3) is 4.66. The van der Waals surface area contributed by atoms with E-state index >= 15 is 0 Å². The molecule has 0 aliphatic carbocycles. The molecule has 200 valence electrons. The van der Waals surface area contributed by atoms with Gasteiger partial charge in [-0.05, 0) is 46.0 Å². The van der Waals surface area contributed by atoms with Crippen molar-refractivity contribution in [2.75, 3.05) is 12.0 Å². The summed E-state index contributed by atoms with van der Waals surface area (Å²) >= 11 is 4.01. The molecule has 6 rings (SSSR count). The molecule has 0 radical (unpaired) electrons. The van der Waals surface area contributed by atoms with Crippen molar-refractivity contribution in [2.24, 2.45) is 0 Å². The summed E-state index contributed by atoms with van der Waals surface area (Å²) in [5, 5.41) is 24.0. The Morgan fingerprint density at radius 1 is 1.07 bits per heavy atom. The Morgan fingerprint density at radius 3 is 2.67 bits per heavy atom. The van der Waals surface area contributed by atoms with E-state index in [0.29, 0.717) is 15.0 Å². The maximum atomic E-state index is 14.4. The molecule has 1 aliphatic rings. The Morgan fingerprint density at radius 2 is 1.90 bits per heavy atom. The summed E-state index contributed by atoms with van der Waals surface area (Å²) in [4.78, 5) is 28.5. The molecule has 1 amide bonds. The maximum Gasteiger partial charge on any atom is 0.301 e. The van der Waals surface area contributed by atoms with E-state index in [1.54, 1.807) is 12.1 Å². The number of nitrogens with zero attached hydrogens (tertiary/aromatic N) is 3. The predicted octanol–water partition coefficient (Wildman–Crippen LogP) is 6.82. The van der Waals surface area contributed by atoms with Gasteiger partial charge in [0, 0.05) is 16.2 Å². The molecule has 5 aromatic rings. The van der Waals surface area contributed by atoms with Crippen molar-refractivity contribution >= 4 is 67.8 Å². The second-order valence-electron chi connectivity index (χ2n) is 8.81. The highest BCUT2D eigenvalue weighted by Gasteiger charge is 2.48. The normalized spacial score (nSPS) is 16.6. The lowest BCUT2D eigenvalue weighted by Gasteiger charge is -2.20. The van der Waals surface area contributed by atoms with Crippen LogP contribution in [0.5, 0.6) is 5.75 Å². The zero-order valence-electron chi connectivity index (χ0n) is 20.9. The van der Waals surface area contributed by atoms with Gasteiger partial charge in [0.2, 0.25) is 5.13 Å². The van der Waals surface area contributed by atoms with Crippen molar-refractivity contribution in [3.8, 4) is 5.75 Å². The fourth-order valence-corrected chi connectivity index (χ4v) is 7.33. The predicted molar refractivity (Wildman–Crippen MR) is 155 cm³/mol. The van der Waals surface area contributed by atoms with Crippen LogP contribution in [0.4, 0.5) is 9.52 Å². The Labute approximate surface area is 240 Å². The Bertz CT molecular complexity index is 1780. The summed E-state index contributed by atoms with van der Waals surface area (Å²) in [5.74, 6) is -2.26. The van der Waals surface area contributed by atoms with Crippen LogP contribution >= 0.6 is 34.4 Å². The van der Waals surface area contributed by atoms with E-state index in [9.17, 15) is 19.1 Å². The molecule has 3 heterocycles. The second-order valence-corrected chi connectivity index (χ2v) is 12.0.